The lowest BCUT2D eigenvalue weighted by molar-refractivity contribution is 0.0600. The molecule has 1 aliphatic rings. The molecular weight excluding hydrogens is 350 g/mol. The first-order valence-electron chi connectivity index (χ1n) is 8.31. The van der Waals surface area contributed by atoms with Crippen LogP contribution in [-0.4, -0.2) is 37.7 Å². The van der Waals surface area contributed by atoms with Gasteiger partial charge in [-0.3, -0.25) is 4.90 Å². The van der Waals surface area contributed by atoms with E-state index in [0.29, 0.717) is 12.2 Å². The lowest BCUT2D eigenvalue weighted by Gasteiger charge is -2.26. The first kappa shape index (κ1) is 20.1. The number of hydrogen-bond acceptors (Lipinski definition) is 5. The predicted octanol–water partition coefficient (Wildman–Crippen LogP) is 3.38. The lowest BCUT2D eigenvalue weighted by atomic mass is 10.1. The average molecular weight is 375 g/mol. The molecule has 0 bridgehead atoms. The van der Waals surface area contributed by atoms with Crippen molar-refractivity contribution in [2.24, 2.45) is 0 Å². The van der Waals surface area contributed by atoms with Crippen molar-refractivity contribution in [2.45, 2.75) is 26.1 Å². The molecule has 2 aromatic rings. The van der Waals surface area contributed by atoms with Crippen molar-refractivity contribution in [2.75, 3.05) is 20.8 Å². The Labute approximate surface area is 161 Å². The van der Waals surface area contributed by atoms with Crippen molar-refractivity contribution in [1.29, 1.82) is 0 Å². The molecule has 0 amide bonds. The lowest BCUT2D eigenvalue weighted by Crippen LogP contribution is -2.34. The van der Waals surface area contributed by atoms with Gasteiger partial charge in [0.2, 0.25) is 0 Å². The first-order chi connectivity index (χ1) is 12.1. The number of benzene rings is 2. The SMILES string of the molecule is COC(=O)c1ccc2c(c1)OC[C@H](C)N(Cc1ccc(OC)cc1)C2.S. The van der Waals surface area contributed by atoms with Crippen LogP contribution in [-0.2, 0) is 17.8 Å². The fraction of sp³-hybridized carbons (Fsp3) is 0.350. The Morgan fingerprint density at radius 1 is 1.19 bits per heavy atom. The number of rotatable bonds is 4. The van der Waals surface area contributed by atoms with Crippen molar-refractivity contribution in [1.82, 2.24) is 4.90 Å². The Morgan fingerprint density at radius 3 is 2.58 bits per heavy atom. The van der Waals surface area contributed by atoms with Crippen molar-refractivity contribution in [3.63, 3.8) is 0 Å². The van der Waals surface area contributed by atoms with Gasteiger partial charge in [0.25, 0.3) is 0 Å². The molecule has 3 rings (SSSR count). The second-order valence-electron chi connectivity index (χ2n) is 6.23. The van der Waals surface area contributed by atoms with Crippen molar-refractivity contribution >= 4 is 19.5 Å². The second-order valence-corrected chi connectivity index (χ2v) is 6.23. The van der Waals surface area contributed by atoms with E-state index in [1.807, 2.05) is 18.2 Å². The first-order valence-corrected chi connectivity index (χ1v) is 8.31. The normalized spacial score (nSPS) is 16.5. The van der Waals surface area contributed by atoms with Crippen LogP contribution in [0.5, 0.6) is 11.5 Å². The van der Waals surface area contributed by atoms with Crippen LogP contribution >= 0.6 is 13.5 Å². The molecule has 1 heterocycles. The molecule has 5 nitrogen and oxygen atoms in total. The molecule has 26 heavy (non-hydrogen) atoms. The summed E-state index contributed by atoms with van der Waals surface area (Å²) in [4.78, 5) is 14.1. The quantitative estimate of drug-likeness (QED) is 0.767. The van der Waals surface area contributed by atoms with Gasteiger partial charge in [0, 0.05) is 24.7 Å². The second kappa shape index (κ2) is 8.96. The van der Waals surface area contributed by atoms with Gasteiger partial charge in [0.15, 0.2) is 0 Å². The molecule has 2 aromatic carbocycles. The maximum absolute atomic E-state index is 11.7. The van der Waals surface area contributed by atoms with Gasteiger partial charge in [-0.05, 0) is 36.8 Å². The average Bonchev–Trinajstić information content (AvgIpc) is 2.80. The van der Waals surface area contributed by atoms with E-state index in [1.54, 1.807) is 19.2 Å². The van der Waals surface area contributed by atoms with Crippen LogP contribution in [0.25, 0.3) is 0 Å². The zero-order valence-corrected chi connectivity index (χ0v) is 16.3. The molecular formula is C20H25NO4S. The van der Waals surface area contributed by atoms with Crippen LogP contribution in [0, 0.1) is 0 Å². The number of esters is 1. The summed E-state index contributed by atoms with van der Waals surface area (Å²) in [5.41, 5.74) is 2.81. The van der Waals surface area contributed by atoms with E-state index in [-0.39, 0.29) is 25.5 Å². The number of methoxy groups -OCH3 is 2. The maximum Gasteiger partial charge on any atom is 0.337 e. The molecule has 1 aliphatic heterocycles. The van der Waals surface area contributed by atoms with Crippen LogP contribution < -0.4 is 9.47 Å². The monoisotopic (exact) mass is 375 g/mol. The van der Waals surface area contributed by atoms with Gasteiger partial charge in [-0.2, -0.15) is 13.5 Å². The molecule has 0 fully saturated rings. The third kappa shape index (κ3) is 4.51. The molecule has 0 aliphatic carbocycles. The minimum atomic E-state index is -0.348. The van der Waals surface area contributed by atoms with Gasteiger partial charge < -0.3 is 14.2 Å². The van der Waals surface area contributed by atoms with Gasteiger partial charge in [0.1, 0.15) is 18.1 Å². The van der Waals surface area contributed by atoms with Crippen molar-refractivity contribution in [3.05, 3.63) is 59.2 Å². The summed E-state index contributed by atoms with van der Waals surface area (Å²) in [7, 11) is 3.05. The van der Waals surface area contributed by atoms with Crippen LogP contribution in [0.1, 0.15) is 28.4 Å². The van der Waals surface area contributed by atoms with Gasteiger partial charge in [-0.1, -0.05) is 18.2 Å². The standard InChI is InChI=1S/C20H23NO4.H2S/c1-14-13-25-19-10-16(20(22)24-3)6-7-17(19)12-21(14)11-15-4-8-18(23-2)9-5-15;/h4-10,14H,11-13H2,1-3H3;1H2/t14-;/m0./s1. The minimum absolute atomic E-state index is 0. The summed E-state index contributed by atoms with van der Waals surface area (Å²) < 4.78 is 15.9. The molecule has 0 radical (unpaired) electrons. The molecule has 0 saturated heterocycles. The van der Waals surface area contributed by atoms with Gasteiger partial charge in [-0.15, -0.1) is 0 Å². The van der Waals surface area contributed by atoms with E-state index < -0.39 is 0 Å². The van der Waals surface area contributed by atoms with Gasteiger partial charge in [-0.25, -0.2) is 4.79 Å². The highest BCUT2D eigenvalue weighted by Crippen LogP contribution is 2.28. The number of fused-ring (bicyclic) bond motifs is 1. The number of hydrogen-bond donors (Lipinski definition) is 0. The predicted molar refractivity (Wildman–Crippen MR) is 105 cm³/mol. The fourth-order valence-corrected chi connectivity index (χ4v) is 2.93. The highest BCUT2D eigenvalue weighted by Gasteiger charge is 2.22. The zero-order chi connectivity index (χ0) is 17.8. The number of nitrogens with zero attached hydrogens (tertiary/aromatic N) is 1. The van der Waals surface area contributed by atoms with Crippen LogP contribution in [0.2, 0.25) is 0 Å². The highest BCUT2D eigenvalue weighted by molar-refractivity contribution is 7.59. The third-order valence-corrected chi connectivity index (χ3v) is 4.51. The minimum Gasteiger partial charge on any atom is -0.497 e. The molecule has 0 saturated carbocycles. The Bertz CT molecular complexity index is 748. The molecule has 6 heteroatoms. The number of carbonyl (C=O) groups excluding carboxylic acids is 1. The summed E-state index contributed by atoms with van der Waals surface area (Å²) in [6.45, 7) is 4.32. The molecule has 0 N–H and O–H groups in total. The van der Waals surface area contributed by atoms with Crippen molar-refractivity contribution < 1.29 is 19.0 Å². The summed E-state index contributed by atoms with van der Waals surface area (Å²) in [5, 5.41) is 0. The topological polar surface area (TPSA) is 48.0 Å². The Hall–Kier alpha value is -2.18. The zero-order valence-electron chi connectivity index (χ0n) is 15.3. The van der Waals surface area contributed by atoms with Crippen molar-refractivity contribution in [3.8, 4) is 11.5 Å². The van der Waals surface area contributed by atoms with Gasteiger partial charge >= 0.3 is 5.97 Å². The van der Waals surface area contributed by atoms with E-state index in [2.05, 4.69) is 24.0 Å². The van der Waals surface area contributed by atoms with Gasteiger partial charge in [0.05, 0.1) is 19.8 Å². The maximum atomic E-state index is 11.7. The Kier molecular flexibility index (Phi) is 6.94. The molecule has 1 atom stereocenters. The fourth-order valence-electron chi connectivity index (χ4n) is 2.93. The van der Waals surface area contributed by atoms with Crippen LogP contribution in [0.3, 0.4) is 0 Å². The highest BCUT2D eigenvalue weighted by atomic mass is 32.1. The van der Waals surface area contributed by atoms with Crippen LogP contribution in [0.15, 0.2) is 42.5 Å². The third-order valence-electron chi connectivity index (χ3n) is 4.51. The Morgan fingerprint density at radius 2 is 1.92 bits per heavy atom. The summed E-state index contributed by atoms with van der Waals surface area (Å²) >= 11 is 0. The number of ether oxygens (including phenoxy) is 3. The molecule has 140 valence electrons. The van der Waals surface area contributed by atoms with E-state index in [0.717, 1.165) is 30.2 Å². The van der Waals surface area contributed by atoms with E-state index in [1.165, 1.54) is 12.7 Å². The largest absolute Gasteiger partial charge is 0.497 e. The Balaban J connectivity index is 0.00000243. The summed E-state index contributed by atoms with van der Waals surface area (Å²) in [6.07, 6.45) is 0. The molecule has 0 spiro atoms. The summed E-state index contributed by atoms with van der Waals surface area (Å²) in [6, 6.07) is 13.9. The van der Waals surface area contributed by atoms with E-state index >= 15 is 0 Å². The molecule has 0 unspecified atom stereocenters. The summed E-state index contributed by atoms with van der Waals surface area (Å²) in [5.74, 6) is 1.27. The molecule has 0 aromatic heterocycles. The smallest absolute Gasteiger partial charge is 0.337 e. The van der Waals surface area contributed by atoms with E-state index in [9.17, 15) is 4.79 Å². The van der Waals surface area contributed by atoms with Crippen LogP contribution in [0.4, 0.5) is 0 Å². The number of carbonyl (C=O) groups is 1. The van der Waals surface area contributed by atoms with E-state index in [4.69, 9.17) is 14.2 Å².